The molecule has 1 aliphatic heterocycles. The fourth-order valence-electron chi connectivity index (χ4n) is 5.44. The summed E-state index contributed by atoms with van der Waals surface area (Å²) in [5.74, 6) is -0.123. The van der Waals surface area contributed by atoms with Crippen LogP contribution in [0.5, 0.6) is 0 Å². The van der Waals surface area contributed by atoms with Crippen LogP contribution in [0.4, 0.5) is 9.18 Å². The van der Waals surface area contributed by atoms with Crippen molar-refractivity contribution >= 4 is 12.0 Å². The maximum Gasteiger partial charge on any atom is 0.410 e. The SMILES string of the molecule is COCCCCc1c(C(=O)N(CC(C)C)[C@H]2C[C@@H](c3cnco3)CN(C(=O)OC(C)(C)C)C2)n[nH][n+]1-c1ccccc1F. The van der Waals surface area contributed by atoms with Crippen molar-refractivity contribution in [2.75, 3.05) is 33.4 Å². The van der Waals surface area contributed by atoms with Gasteiger partial charge in [-0.1, -0.05) is 31.2 Å². The highest BCUT2D eigenvalue weighted by atomic mass is 19.1. The number of aromatic nitrogens is 4. The highest BCUT2D eigenvalue weighted by Gasteiger charge is 2.41. The molecule has 1 aliphatic rings. The number of aromatic amines is 1. The molecule has 1 N–H and O–H groups in total. The number of carbonyl (C=O) groups excluding carboxylic acids is 2. The Morgan fingerprint density at radius 1 is 1.23 bits per heavy atom. The number of nitrogens with one attached hydrogen (secondary N) is 1. The Morgan fingerprint density at radius 2 is 2.00 bits per heavy atom. The van der Waals surface area contributed by atoms with Crippen molar-refractivity contribution in [1.82, 2.24) is 25.1 Å². The van der Waals surface area contributed by atoms with Crippen molar-refractivity contribution in [2.24, 2.45) is 5.92 Å². The topological polar surface area (TPSA) is 118 Å². The van der Waals surface area contributed by atoms with Gasteiger partial charge in [0.05, 0.1) is 17.3 Å². The van der Waals surface area contributed by atoms with E-state index in [-0.39, 0.29) is 35.2 Å². The van der Waals surface area contributed by atoms with E-state index in [2.05, 4.69) is 15.3 Å². The molecule has 1 saturated heterocycles. The van der Waals surface area contributed by atoms with E-state index in [1.54, 1.807) is 46.0 Å². The fourth-order valence-corrected chi connectivity index (χ4v) is 5.44. The molecule has 0 radical (unpaired) electrons. The molecular weight excluding hydrogens is 555 g/mol. The minimum atomic E-state index is -0.674. The number of benzene rings is 1. The molecule has 2 aromatic heterocycles. The van der Waals surface area contributed by atoms with Crippen molar-refractivity contribution in [3.63, 3.8) is 0 Å². The average molecular weight is 600 g/mol. The van der Waals surface area contributed by atoms with Crippen LogP contribution in [-0.4, -0.2) is 82.1 Å². The molecule has 0 bridgehead atoms. The van der Waals surface area contributed by atoms with E-state index in [0.717, 1.165) is 12.8 Å². The second-order valence-electron chi connectivity index (χ2n) is 12.5. The summed E-state index contributed by atoms with van der Waals surface area (Å²) < 4.78 is 33.0. The van der Waals surface area contributed by atoms with E-state index in [0.29, 0.717) is 50.5 Å². The molecular formula is C31H44FN6O5+. The van der Waals surface area contributed by atoms with Gasteiger partial charge in [0.2, 0.25) is 0 Å². The summed E-state index contributed by atoms with van der Waals surface area (Å²) in [6.07, 6.45) is 5.11. The molecule has 4 rings (SSSR count). The summed E-state index contributed by atoms with van der Waals surface area (Å²) in [6.45, 7) is 11.2. The van der Waals surface area contributed by atoms with Crippen LogP contribution in [-0.2, 0) is 15.9 Å². The predicted molar refractivity (Wildman–Crippen MR) is 156 cm³/mol. The van der Waals surface area contributed by atoms with Crippen molar-refractivity contribution < 1.29 is 32.6 Å². The third-order valence-corrected chi connectivity index (χ3v) is 7.31. The molecule has 12 heteroatoms. The van der Waals surface area contributed by atoms with Gasteiger partial charge >= 0.3 is 17.7 Å². The van der Waals surface area contributed by atoms with Crippen molar-refractivity contribution in [3.8, 4) is 5.69 Å². The van der Waals surface area contributed by atoms with Crippen molar-refractivity contribution in [2.45, 2.75) is 77.9 Å². The number of halogens is 1. The summed E-state index contributed by atoms with van der Waals surface area (Å²) in [5.41, 5.74) is 0.426. The number of amides is 2. The van der Waals surface area contributed by atoms with Crippen LogP contribution in [0.25, 0.3) is 5.69 Å². The number of oxazole rings is 1. The van der Waals surface area contributed by atoms with Gasteiger partial charge in [-0.15, -0.1) is 4.68 Å². The second kappa shape index (κ2) is 14.1. The number of H-pyrrole nitrogens is 1. The molecule has 3 heterocycles. The van der Waals surface area contributed by atoms with Gasteiger partial charge < -0.3 is 23.7 Å². The Morgan fingerprint density at radius 3 is 2.65 bits per heavy atom. The number of rotatable bonds is 11. The Bertz CT molecular complexity index is 1350. The normalized spacial score (nSPS) is 17.3. The van der Waals surface area contributed by atoms with Crippen LogP contribution in [0.15, 0.2) is 41.3 Å². The Hall–Kier alpha value is -3.80. The van der Waals surface area contributed by atoms with Crippen LogP contribution >= 0.6 is 0 Å². The van der Waals surface area contributed by atoms with Crippen molar-refractivity contribution in [3.05, 3.63) is 59.8 Å². The second-order valence-corrected chi connectivity index (χ2v) is 12.5. The number of likely N-dealkylation sites (tertiary alicyclic amines) is 1. The summed E-state index contributed by atoms with van der Waals surface area (Å²) in [4.78, 5) is 35.2. The first-order chi connectivity index (χ1) is 20.5. The molecule has 0 aliphatic carbocycles. The molecule has 43 heavy (non-hydrogen) atoms. The van der Waals surface area contributed by atoms with Gasteiger partial charge in [-0.2, -0.15) is 0 Å². The van der Waals surface area contributed by atoms with E-state index < -0.39 is 17.5 Å². The number of para-hydroxylation sites is 1. The van der Waals surface area contributed by atoms with E-state index in [9.17, 15) is 14.0 Å². The summed E-state index contributed by atoms with van der Waals surface area (Å²) in [7, 11) is 1.65. The van der Waals surface area contributed by atoms with Crippen LogP contribution in [0, 0.1) is 11.7 Å². The highest BCUT2D eigenvalue weighted by molar-refractivity contribution is 5.93. The van der Waals surface area contributed by atoms with E-state index in [1.807, 2.05) is 34.6 Å². The molecule has 2 atom stereocenters. The zero-order valence-electron chi connectivity index (χ0n) is 26.0. The van der Waals surface area contributed by atoms with Crippen LogP contribution in [0.1, 0.15) is 81.7 Å². The lowest BCUT2D eigenvalue weighted by atomic mass is 9.91. The Labute approximate surface area is 252 Å². The number of unbranched alkanes of at least 4 members (excludes halogenated alkanes) is 1. The molecule has 0 saturated carbocycles. The molecule has 2 amide bonds. The van der Waals surface area contributed by atoms with Crippen molar-refractivity contribution in [1.29, 1.82) is 0 Å². The largest absolute Gasteiger partial charge is 0.448 e. The first-order valence-corrected chi connectivity index (χ1v) is 14.9. The zero-order valence-corrected chi connectivity index (χ0v) is 26.0. The number of ether oxygens (including phenoxy) is 2. The minimum absolute atomic E-state index is 0.132. The Balaban J connectivity index is 1.71. The number of hydrogen-bond donors (Lipinski definition) is 1. The average Bonchev–Trinajstić information content (AvgIpc) is 3.64. The molecule has 11 nitrogen and oxygen atoms in total. The molecule has 0 unspecified atom stereocenters. The first-order valence-electron chi connectivity index (χ1n) is 14.9. The summed E-state index contributed by atoms with van der Waals surface area (Å²) >= 11 is 0. The van der Waals surface area contributed by atoms with E-state index in [4.69, 9.17) is 13.9 Å². The van der Waals surface area contributed by atoms with Gasteiger partial charge in [-0.25, -0.2) is 14.2 Å². The van der Waals surface area contributed by atoms with E-state index >= 15 is 0 Å². The van der Waals surface area contributed by atoms with Gasteiger partial charge in [0.15, 0.2) is 23.6 Å². The zero-order chi connectivity index (χ0) is 31.1. The summed E-state index contributed by atoms with van der Waals surface area (Å²) in [5, 5.41) is 7.33. The van der Waals surface area contributed by atoms with Crippen LogP contribution in [0.2, 0.25) is 0 Å². The van der Waals surface area contributed by atoms with Gasteiger partial charge in [0, 0.05) is 45.7 Å². The molecule has 1 fully saturated rings. The molecule has 0 spiro atoms. The maximum absolute atomic E-state index is 14.9. The monoisotopic (exact) mass is 599 g/mol. The lowest BCUT2D eigenvalue weighted by molar-refractivity contribution is -0.668. The van der Waals surface area contributed by atoms with Gasteiger partial charge in [-0.05, 0) is 58.1 Å². The van der Waals surface area contributed by atoms with E-state index in [1.165, 1.54) is 12.5 Å². The molecule has 1 aromatic carbocycles. The Kier molecular flexibility index (Phi) is 10.5. The smallest absolute Gasteiger partial charge is 0.410 e. The summed E-state index contributed by atoms with van der Waals surface area (Å²) in [6, 6.07) is 6.03. The lowest BCUT2D eigenvalue weighted by Gasteiger charge is -2.42. The number of methoxy groups -OCH3 is 1. The standard InChI is InChI=1S/C31H43FN6O5/c1-21(2)17-37(23-15-22(27-16-33-20-42-27)18-36(19-23)30(40)43-31(3,4)5)29(39)28-26(13-9-10-14-41-6)38(35-34-28)25-12-8-7-11-24(25)32/h7-8,11-12,16,20-23H,9-10,13-15,17-19H2,1-6H3/p+1/t22-,23+/m1/s1. The van der Waals surface area contributed by atoms with Crippen LogP contribution < -0.4 is 4.68 Å². The number of hydrogen-bond acceptors (Lipinski definition) is 7. The quantitative estimate of drug-likeness (QED) is 0.251. The minimum Gasteiger partial charge on any atom is -0.448 e. The number of carbonyl (C=O) groups is 2. The first kappa shape index (κ1) is 32.1. The number of nitrogens with zero attached hydrogens (tertiary/aromatic N) is 5. The predicted octanol–water partition coefficient (Wildman–Crippen LogP) is 4.67. The van der Waals surface area contributed by atoms with Gasteiger partial charge in [0.1, 0.15) is 11.4 Å². The number of piperidine rings is 1. The third-order valence-electron chi connectivity index (χ3n) is 7.31. The highest BCUT2D eigenvalue weighted by Crippen LogP contribution is 2.31. The molecule has 3 aromatic rings. The maximum atomic E-state index is 14.9. The third kappa shape index (κ3) is 8.19. The van der Waals surface area contributed by atoms with Crippen LogP contribution in [0.3, 0.4) is 0 Å². The van der Waals surface area contributed by atoms with Gasteiger partial charge in [0.25, 0.3) is 0 Å². The lowest BCUT2D eigenvalue weighted by Crippen LogP contribution is -2.55. The molecule has 234 valence electrons. The van der Waals surface area contributed by atoms with Gasteiger partial charge in [-0.3, -0.25) is 4.79 Å². The fraction of sp³-hybridized carbons (Fsp3) is 0.581.